The van der Waals surface area contributed by atoms with Crippen molar-refractivity contribution in [1.29, 1.82) is 0 Å². The molecule has 0 atom stereocenters. The summed E-state index contributed by atoms with van der Waals surface area (Å²) < 4.78 is 17.7. The molecule has 0 aliphatic heterocycles. The average molecular weight is 566 g/mol. The topological polar surface area (TPSA) is 69.2 Å². The van der Waals surface area contributed by atoms with Gasteiger partial charge in [0, 0.05) is 31.2 Å². The summed E-state index contributed by atoms with van der Waals surface area (Å²) in [7, 11) is 1.53. The molecule has 34 heavy (non-hydrogen) atoms. The highest BCUT2D eigenvalue weighted by Gasteiger charge is 2.11. The van der Waals surface area contributed by atoms with Gasteiger partial charge in [-0.15, -0.1) is 0 Å². The summed E-state index contributed by atoms with van der Waals surface area (Å²) in [6.45, 7) is 2.82. The molecular weight excluding hydrogens is 543 g/mol. The third-order valence-corrected chi connectivity index (χ3v) is 5.71. The number of hydrogen-bond donors (Lipinski definition) is 1. The van der Waals surface area contributed by atoms with Gasteiger partial charge < -0.3 is 14.2 Å². The van der Waals surface area contributed by atoms with Crippen molar-refractivity contribution < 1.29 is 19.0 Å². The molecule has 3 rings (SSSR count). The van der Waals surface area contributed by atoms with E-state index in [2.05, 4.69) is 26.5 Å². The first-order valence-corrected chi connectivity index (χ1v) is 12.0. The minimum atomic E-state index is -0.387. The van der Waals surface area contributed by atoms with Crippen LogP contribution in [0.3, 0.4) is 0 Å². The molecule has 0 radical (unpaired) electrons. The summed E-state index contributed by atoms with van der Waals surface area (Å²) in [4.78, 5) is 12.6. The summed E-state index contributed by atoms with van der Waals surface area (Å²) in [6.07, 6.45) is 2.38. The largest absolute Gasteiger partial charge is 0.493 e. The number of hydrogen-bond acceptors (Lipinski definition) is 5. The normalized spacial score (nSPS) is 10.9. The number of rotatable bonds is 10. The Morgan fingerprint density at radius 2 is 1.82 bits per heavy atom. The quantitative estimate of drug-likeness (QED) is 0.214. The third kappa shape index (κ3) is 7.13. The van der Waals surface area contributed by atoms with Crippen molar-refractivity contribution in [3.8, 4) is 17.2 Å². The Bertz CT molecular complexity index is 1190. The maximum atomic E-state index is 12.6. The first kappa shape index (κ1) is 25.9. The standard InChI is InChI=1S/C25H23BrCl2N2O4/c1-3-10-33-23-8-5-16(12-24(23)32-2)25(31)30-29-14-18-11-19(26)6-9-22(18)34-15-17-4-7-20(27)13-21(17)28/h4-9,11-14H,3,10,15H2,1-2H3,(H,30,31)/b29-14+. The van der Waals surface area contributed by atoms with E-state index in [1.54, 1.807) is 36.4 Å². The van der Waals surface area contributed by atoms with Crippen molar-refractivity contribution in [3.05, 3.63) is 85.8 Å². The fraction of sp³-hybridized carbons (Fsp3) is 0.200. The van der Waals surface area contributed by atoms with Gasteiger partial charge in [0.15, 0.2) is 11.5 Å². The van der Waals surface area contributed by atoms with E-state index < -0.39 is 0 Å². The lowest BCUT2D eigenvalue weighted by Crippen LogP contribution is -2.17. The van der Waals surface area contributed by atoms with Crippen molar-refractivity contribution in [2.75, 3.05) is 13.7 Å². The minimum absolute atomic E-state index is 0.247. The van der Waals surface area contributed by atoms with Crippen LogP contribution in [0.5, 0.6) is 17.2 Å². The van der Waals surface area contributed by atoms with E-state index in [1.165, 1.54) is 13.3 Å². The molecule has 0 saturated heterocycles. The number of hydrazone groups is 1. The number of amides is 1. The molecule has 0 aromatic heterocycles. The van der Waals surface area contributed by atoms with E-state index in [1.807, 2.05) is 25.1 Å². The zero-order chi connectivity index (χ0) is 24.5. The fourth-order valence-corrected chi connectivity index (χ4v) is 3.75. The number of benzene rings is 3. The molecule has 0 unspecified atom stereocenters. The number of nitrogens with one attached hydrogen (secondary N) is 1. The van der Waals surface area contributed by atoms with E-state index in [9.17, 15) is 4.79 Å². The number of nitrogens with zero attached hydrogens (tertiary/aromatic N) is 1. The van der Waals surface area contributed by atoms with Gasteiger partial charge in [0.05, 0.1) is 19.9 Å². The van der Waals surface area contributed by atoms with Crippen molar-refractivity contribution >= 4 is 51.3 Å². The molecule has 6 nitrogen and oxygen atoms in total. The monoisotopic (exact) mass is 564 g/mol. The van der Waals surface area contributed by atoms with Crippen LogP contribution in [0, 0.1) is 0 Å². The highest BCUT2D eigenvalue weighted by Crippen LogP contribution is 2.28. The lowest BCUT2D eigenvalue weighted by molar-refractivity contribution is 0.0954. The van der Waals surface area contributed by atoms with E-state index in [4.69, 9.17) is 37.4 Å². The summed E-state index contributed by atoms with van der Waals surface area (Å²) in [6, 6.07) is 15.7. The molecule has 0 bridgehead atoms. The molecule has 1 N–H and O–H groups in total. The summed E-state index contributed by atoms with van der Waals surface area (Å²) >= 11 is 15.6. The fourth-order valence-electron chi connectivity index (χ4n) is 2.91. The Labute approximate surface area is 216 Å². The molecule has 0 heterocycles. The molecule has 0 saturated carbocycles. The van der Waals surface area contributed by atoms with Gasteiger partial charge in [-0.25, -0.2) is 5.43 Å². The van der Waals surface area contributed by atoms with E-state index in [0.717, 1.165) is 16.5 Å². The highest BCUT2D eigenvalue weighted by atomic mass is 79.9. The number of halogens is 3. The van der Waals surface area contributed by atoms with Crippen molar-refractivity contribution in [2.45, 2.75) is 20.0 Å². The van der Waals surface area contributed by atoms with E-state index in [0.29, 0.717) is 45.0 Å². The van der Waals surface area contributed by atoms with Crippen LogP contribution in [0.1, 0.15) is 34.8 Å². The van der Waals surface area contributed by atoms with Crippen LogP contribution in [0.4, 0.5) is 0 Å². The average Bonchev–Trinajstić information content (AvgIpc) is 2.83. The van der Waals surface area contributed by atoms with Crippen LogP contribution in [0.15, 0.2) is 64.2 Å². The smallest absolute Gasteiger partial charge is 0.271 e. The second kappa shape index (κ2) is 12.6. The predicted molar refractivity (Wildman–Crippen MR) is 139 cm³/mol. The highest BCUT2D eigenvalue weighted by molar-refractivity contribution is 9.10. The second-order valence-electron chi connectivity index (χ2n) is 7.12. The first-order chi connectivity index (χ1) is 16.4. The van der Waals surface area contributed by atoms with Gasteiger partial charge in [-0.1, -0.05) is 52.1 Å². The number of carbonyl (C=O) groups excluding carboxylic acids is 1. The zero-order valence-electron chi connectivity index (χ0n) is 18.6. The van der Waals surface area contributed by atoms with Gasteiger partial charge in [-0.3, -0.25) is 4.79 Å². The first-order valence-electron chi connectivity index (χ1n) is 10.4. The molecule has 1 amide bonds. The van der Waals surface area contributed by atoms with Crippen LogP contribution in [0.25, 0.3) is 0 Å². The van der Waals surface area contributed by atoms with Gasteiger partial charge in [0.25, 0.3) is 5.91 Å². The Morgan fingerprint density at radius 3 is 2.56 bits per heavy atom. The van der Waals surface area contributed by atoms with Crippen molar-refractivity contribution in [1.82, 2.24) is 5.43 Å². The van der Waals surface area contributed by atoms with Crippen LogP contribution in [0.2, 0.25) is 10.0 Å². The number of carbonyl (C=O) groups is 1. The van der Waals surface area contributed by atoms with Crippen LogP contribution in [-0.2, 0) is 6.61 Å². The summed E-state index contributed by atoms with van der Waals surface area (Å²) in [5.74, 6) is 1.25. The second-order valence-corrected chi connectivity index (χ2v) is 8.88. The molecule has 0 spiro atoms. The molecular formula is C25H23BrCl2N2O4. The SMILES string of the molecule is CCCOc1ccc(C(=O)N/N=C/c2cc(Br)ccc2OCc2ccc(Cl)cc2Cl)cc1OC. The maximum Gasteiger partial charge on any atom is 0.271 e. The van der Waals surface area contributed by atoms with Gasteiger partial charge in [0.1, 0.15) is 12.4 Å². The van der Waals surface area contributed by atoms with Gasteiger partial charge in [0.2, 0.25) is 0 Å². The summed E-state index contributed by atoms with van der Waals surface area (Å²) in [5, 5.41) is 5.17. The van der Waals surface area contributed by atoms with Crippen LogP contribution in [-0.4, -0.2) is 25.8 Å². The van der Waals surface area contributed by atoms with Crippen molar-refractivity contribution in [3.63, 3.8) is 0 Å². The zero-order valence-corrected chi connectivity index (χ0v) is 21.7. The predicted octanol–water partition coefficient (Wildman–Crippen LogP) is 6.90. The molecule has 3 aromatic rings. The lowest BCUT2D eigenvalue weighted by Gasteiger charge is -2.11. The third-order valence-electron chi connectivity index (χ3n) is 4.63. The minimum Gasteiger partial charge on any atom is -0.493 e. The Hall–Kier alpha value is -2.74. The summed E-state index contributed by atoms with van der Waals surface area (Å²) in [5.41, 5.74) is 4.38. The molecule has 3 aromatic carbocycles. The lowest BCUT2D eigenvalue weighted by atomic mass is 10.2. The van der Waals surface area contributed by atoms with Gasteiger partial charge >= 0.3 is 0 Å². The maximum absolute atomic E-state index is 12.6. The van der Waals surface area contributed by atoms with E-state index in [-0.39, 0.29) is 12.5 Å². The molecule has 0 aliphatic rings. The number of methoxy groups -OCH3 is 1. The molecule has 178 valence electrons. The van der Waals surface area contributed by atoms with Crippen LogP contribution >= 0.6 is 39.1 Å². The van der Waals surface area contributed by atoms with Gasteiger partial charge in [-0.05, 0) is 55.0 Å². The number of ether oxygens (including phenoxy) is 3. The molecule has 9 heteroatoms. The van der Waals surface area contributed by atoms with E-state index >= 15 is 0 Å². The Kier molecular flexibility index (Phi) is 9.62. The molecule has 0 fully saturated rings. The Balaban J connectivity index is 1.69. The van der Waals surface area contributed by atoms with Gasteiger partial charge in [-0.2, -0.15) is 5.10 Å². The molecule has 0 aliphatic carbocycles. The van der Waals surface area contributed by atoms with Crippen LogP contribution < -0.4 is 19.6 Å². The Morgan fingerprint density at radius 1 is 1.03 bits per heavy atom. The van der Waals surface area contributed by atoms with Crippen molar-refractivity contribution in [2.24, 2.45) is 5.10 Å².